The van der Waals surface area contributed by atoms with Gasteiger partial charge >= 0.3 is 0 Å². The average Bonchev–Trinajstić information content (AvgIpc) is 2.68. The maximum Gasteiger partial charge on any atom is 0.129 e. The molecule has 2 heteroatoms. The minimum absolute atomic E-state index is 0.874. The molecule has 0 saturated carbocycles. The monoisotopic (exact) mass is 463 g/mol. The molecule has 0 spiro atoms. The van der Waals surface area contributed by atoms with Crippen molar-refractivity contribution in [3.63, 3.8) is 0 Å². The molecule has 0 radical (unpaired) electrons. The fourth-order valence-corrected chi connectivity index (χ4v) is 5.11. The fraction of sp³-hybridized carbons (Fsp3) is 0.312. The van der Waals surface area contributed by atoms with Crippen molar-refractivity contribution in [2.24, 2.45) is 4.99 Å². The van der Waals surface area contributed by atoms with Gasteiger partial charge in [-0.2, -0.15) is 0 Å². The van der Waals surface area contributed by atoms with Gasteiger partial charge in [-0.1, -0.05) is 67.0 Å². The molecule has 0 heterocycles. The third kappa shape index (κ3) is 6.06. The summed E-state index contributed by atoms with van der Waals surface area (Å²) < 4.78 is 0. The van der Waals surface area contributed by atoms with Crippen LogP contribution in [0.1, 0.15) is 55.6 Å². The van der Waals surface area contributed by atoms with Crippen molar-refractivity contribution >= 4 is 25.2 Å². The van der Waals surface area contributed by atoms with Crippen LogP contribution in [0.25, 0.3) is 5.57 Å². The van der Waals surface area contributed by atoms with Crippen LogP contribution in [-0.2, 0) is 0 Å². The second-order valence-corrected chi connectivity index (χ2v) is 15.4. The summed E-state index contributed by atoms with van der Waals surface area (Å²) in [5.41, 5.74) is 17.6. The van der Waals surface area contributed by atoms with Crippen molar-refractivity contribution < 1.29 is 0 Å². The summed E-state index contributed by atoms with van der Waals surface area (Å²) >= 11 is 0. The number of aryl methyl sites for hydroxylation is 7. The van der Waals surface area contributed by atoms with Crippen LogP contribution in [-0.4, -0.2) is 13.9 Å². The van der Waals surface area contributed by atoms with Crippen LogP contribution < -0.4 is 0 Å². The van der Waals surface area contributed by atoms with Crippen molar-refractivity contribution in [1.82, 2.24) is 0 Å². The highest BCUT2D eigenvalue weighted by Crippen LogP contribution is 2.33. The minimum Gasteiger partial charge on any atom is -0.204 e. The predicted octanol–water partition coefficient (Wildman–Crippen LogP) is 8.51. The van der Waals surface area contributed by atoms with E-state index in [4.69, 9.17) is 4.99 Å². The molecule has 1 nitrogen and oxygen atoms in total. The van der Waals surface area contributed by atoms with Gasteiger partial charge in [0.2, 0.25) is 0 Å². The van der Waals surface area contributed by atoms with Crippen molar-refractivity contribution in [3.8, 4) is 11.5 Å². The van der Waals surface area contributed by atoms with Crippen LogP contribution in [0.15, 0.2) is 47.5 Å². The Hall–Kier alpha value is -3.11. The van der Waals surface area contributed by atoms with E-state index in [2.05, 4.69) is 128 Å². The molecule has 0 aliphatic rings. The van der Waals surface area contributed by atoms with Gasteiger partial charge in [0.25, 0.3) is 0 Å². The first-order valence-electron chi connectivity index (χ1n) is 12.0. The summed E-state index contributed by atoms with van der Waals surface area (Å²) in [4.78, 5) is 4.94. The smallest absolute Gasteiger partial charge is 0.129 e. The Kier molecular flexibility index (Phi) is 7.52. The second kappa shape index (κ2) is 10.0. The lowest BCUT2D eigenvalue weighted by Gasteiger charge is -2.18. The van der Waals surface area contributed by atoms with Crippen molar-refractivity contribution in [1.29, 1.82) is 0 Å². The molecule has 0 saturated heterocycles. The van der Waals surface area contributed by atoms with E-state index < -0.39 is 8.07 Å². The molecule has 0 atom stereocenters. The summed E-state index contributed by atoms with van der Waals surface area (Å²) in [6.07, 6.45) is 0. The molecule has 0 aromatic heterocycles. The lowest BCUT2D eigenvalue weighted by Crippen LogP contribution is -2.16. The number of aliphatic imine (C=N–C) groups is 1. The molecule has 174 valence electrons. The lowest BCUT2D eigenvalue weighted by atomic mass is 9.86. The quantitative estimate of drug-likeness (QED) is 0.210. The molecule has 3 aromatic carbocycles. The van der Waals surface area contributed by atoms with Gasteiger partial charge in [-0.05, 0) is 105 Å². The molecule has 0 amide bonds. The Bertz CT molecular complexity index is 1280. The van der Waals surface area contributed by atoms with E-state index in [1.165, 1.54) is 50.1 Å². The molecule has 0 aliphatic carbocycles. The van der Waals surface area contributed by atoms with E-state index >= 15 is 0 Å². The lowest BCUT2D eigenvalue weighted by molar-refractivity contribution is 1.26. The predicted molar refractivity (Wildman–Crippen MR) is 152 cm³/mol. The third-order valence-corrected chi connectivity index (χ3v) is 6.74. The van der Waals surface area contributed by atoms with E-state index in [1.54, 1.807) is 0 Å². The molecule has 0 N–H and O–H groups in total. The molecular formula is C32H37NSi. The number of benzene rings is 3. The zero-order valence-corrected chi connectivity index (χ0v) is 23.5. The molecule has 0 unspecified atom stereocenters. The summed E-state index contributed by atoms with van der Waals surface area (Å²) in [5, 5.41) is 0. The van der Waals surface area contributed by atoms with Gasteiger partial charge < -0.3 is 0 Å². The summed E-state index contributed by atoms with van der Waals surface area (Å²) in [6, 6.07) is 15.3. The number of hydrogen-bond acceptors (Lipinski definition) is 1. The summed E-state index contributed by atoms with van der Waals surface area (Å²) in [5.74, 6) is 6.94. The van der Waals surface area contributed by atoms with Gasteiger partial charge in [0.1, 0.15) is 8.07 Å². The van der Waals surface area contributed by atoms with Crippen LogP contribution in [0.5, 0.6) is 0 Å². The van der Waals surface area contributed by atoms with Gasteiger partial charge in [-0.3, -0.25) is 0 Å². The maximum atomic E-state index is 4.94. The van der Waals surface area contributed by atoms with Gasteiger partial charge in [0.15, 0.2) is 0 Å². The SMILES string of the molecule is Cc1cc(C)c(C(=C=Nc2ccc(C)cc2C#C[Si](C)(C)C)c2c(C)cc(C)cc2C)c(C)c1. The molecule has 0 aliphatic heterocycles. The second-order valence-electron chi connectivity index (χ2n) is 10.7. The standard InChI is InChI=1S/C32H37NSi/c1-21-11-12-30(28(19-21)13-14-34(8,9)10)33-20-29(31-24(4)15-22(2)16-25(31)5)32-26(6)17-23(3)18-27(32)7/h11-12,15-19H,1-10H3. The molecular weight excluding hydrogens is 426 g/mol. The van der Waals surface area contributed by atoms with Gasteiger partial charge in [-0.25, -0.2) is 4.99 Å². The number of nitrogens with zero attached hydrogens (tertiary/aromatic N) is 1. The van der Waals surface area contributed by atoms with Crippen LogP contribution in [0.4, 0.5) is 5.69 Å². The minimum atomic E-state index is -1.50. The molecule has 3 aromatic rings. The van der Waals surface area contributed by atoms with E-state index in [-0.39, 0.29) is 0 Å². The third-order valence-electron chi connectivity index (χ3n) is 5.87. The van der Waals surface area contributed by atoms with Crippen molar-refractivity contribution in [3.05, 3.63) is 98.1 Å². The molecule has 0 bridgehead atoms. The van der Waals surface area contributed by atoms with Crippen molar-refractivity contribution in [2.75, 3.05) is 0 Å². The summed E-state index contributed by atoms with van der Waals surface area (Å²) in [7, 11) is -1.50. The van der Waals surface area contributed by atoms with Crippen LogP contribution in [0.2, 0.25) is 19.6 Å². The fourth-order valence-electron chi connectivity index (χ4n) is 4.60. The highest BCUT2D eigenvalue weighted by molar-refractivity contribution is 6.83. The zero-order valence-electron chi connectivity index (χ0n) is 22.5. The first-order chi connectivity index (χ1) is 15.9. The van der Waals surface area contributed by atoms with Crippen LogP contribution in [0.3, 0.4) is 0 Å². The zero-order chi connectivity index (χ0) is 25.2. The van der Waals surface area contributed by atoms with Crippen LogP contribution in [0, 0.1) is 59.9 Å². The molecule has 3 rings (SSSR count). The average molecular weight is 464 g/mol. The van der Waals surface area contributed by atoms with E-state index in [0.717, 1.165) is 16.8 Å². The molecule has 0 fully saturated rings. The maximum absolute atomic E-state index is 4.94. The number of hydrogen-bond donors (Lipinski definition) is 0. The summed E-state index contributed by atoms with van der Waals surface area (Å²) in [6.45, 7) is 22.0. The Balaban J connectivity index is 2.36. The van der Waals surface area contributed by atoms with Gasteiger partial charge in [-0.15, -0.1) is 5.54 Å². The van der Waals surface area contributed by atoms with Crippen molar-refractivity contribution in [2.45, 2.75) is 68.1 Å². The van der Waals surface area contributed by atoms with Crippen LogP contribution >= 0.6 is 0 Å². The van der Waals surface area contributed by atoms with E-state index in [1.807, 2.05) is 0 Å². The Morgan fingerprint density at radius 2 is 1.12 bits per heavy atom. The normalized spacial score (nSPS) is 10.9. The highest BCUT2D eigenvalue weighted by atomic mass is 28.3. The van der Waals surface area contributed by atoms with E-state index in [9.17, 15) is 0 Å². The Morgan fingerprint density at radius 1 is 0.647 bits per heavy atom. The van der Waals surface area contributed by atoms with Gasteiger partial charge in [0.05, 0.1) is 16.8 Å². The van der Waals surface area contributed by atoms with Gasteiger partial charge in [0, 0.05) is 0 Å². The Labute approximate surface area is 207 Å². The first kappa shape index (κ1) is 25.5. The van der Waals surface area contributed by atoms with E-state index in [0.29, 0.717) is 0 Å². The highest BCUT2D eigenvalue weighted by Gasteiger charge is 2.17. The number of rotatable bonds is 3. The molecule has 34 heavy (non-hydrogen) atoms. The Morgan fingerprint density at radius 3 is 1.56 bits per heavy atom. The topological polar surface area (TPSA) is 12.4 Å². The largest absolute Gasteiger partial charge is 0.204 e. The first-order valence-corrected chi connectivity index (χ1v) is 15.5.